The first kappa shape index (κ1) is 13.4. The molecule has 3 unspecified atom stereocenters. The summed E-state index contributed by atoms with van der Waals surface area (Å²) >= 11 is 0. The highest BCUT2D eigenvalue weighted by Crippen LogP contribution is 2.32. The Balaban J connectivity index is 1.91. The average Bonchev–Trinajstić information content (AvgIpc) is 2.49. The second kappa shape index (κ2) is 4.55. The van der Waals surface area contributed by atoms with Crippen LogP contribution in [0.1, 0.15) is 53.9 Å². The van der Waals surface area contributed by atoms with E-state index < -0.39 is 0 Å². The SMILES string of the molecule is CC(C)(C)CC(C)(C)NC1CCN2CCC1C2. The first-order valence-electron chi connectivity index (χ1n) is 7.25. The van der Waals surface area contributed by atoms with Gasteiger partial charge in [0.1, 0.15) is 0 Å². The van der Waals surface area contributed by atoms with Crippen molar-refractivity contribution < 1.29 is 0 Å². The number of nitrogens with one attached hydrogen (secondary N) is 1. The lowest BCUT2D eigenvalue weighted by atomic mass is 9.80. The summed E-state index contributed by atoms with van der Waals surface area (Å²) in [6, 6.07) is 0.756. The monoisotopic (exact) mass is 238 g/mol. The molecule has 0 aliphatic carbocycles. The van der Waals surface area contributed by atoms with Crippen molar-refractivity contribution in [2.24, 2.45) is 11.3 Å². The van der Waals surface area contributed by atoms with Gasteiger partial charge in [-0.3, -0.25) is 0 Å². The summed E-state index contributed by atoms with van der Waals surface area (Å²) in [6.45, 7) is 15.8. The predicted octanol–water partition coefficient (Wildman–Crippen LogP) is 2.89. The molecule has 3 atom stereocenters. The Hall–Kier alpha value is -0.0800. The minimum absolute atomic E-state index is 0.272. The quantitative estimate of drug-likeness (QED) is 0.813. The molecule has 100 valence electrons. The lowest BCUT2D eigenvalue weighted by Gasteiger charge is -2.40. The van der Waals surface area contributed by atoms with Crippen molar-refractivity contribution in [3.8, 4) is 0 Å². The maximum atomic E-state index is 3.95. The molecule has 2 heteroatoms. The van der Waals surface area contributed by atoms with E-state index in [-0.39, 0.29) is 5.54 Å². The van der Waals surface area contributed by atoms with Gasteiger partial charge in [0.15, 0.2) is 0 Å². The third-order valence-corrected chi connectivity index (χ3v) is 4.18. The first-order valence-corrected chi connectivity index (χ1v) is 7.25. The van der Waals surface area contributed by atoms with Crippen LogP contribution in [-0.2, 0) is 0 Å². The molecule has 2 aliphatic heterocycles. The topological polar surface area (TPSA) is 15.3 Å². The van der Waals surface area contributed by atoms with E-state index in [4.69, 9.17) is 0 Å². The van der Waals surface area contributed by atoms with Crippen LogP contribution in [0.4, 0.5) is 0 Å². The Morgan fingerprint density at radius 3 is 2.35 bits per heavy atom. The molecule has 2 heterocycles. The molecule has 17 heavy (non-hydrogen) atoms. The fraction of sp³-hybridized carbons (Fsp3) is 1.00. The van der Waals surface area contributed by atoms with Crippen LogP contribution in [0.15, 0.2) is 0 Å². The van der Waals surface area contributed by atoms with Crippen molar-refractivity contribution >= 4 is 0 Å². The van der Waals surface area contributed by atoms with E-state index in [9.17, 15) is 0 Å². The maximum Gasteiger partial charge on any atom is 0.0132 e. The maximum absolute atomic E-state index is 3.95. The highest BCUT2D eigenvalue weighted by atomic mass is 15.2. The number of piperidine rings is 1. The van der Waals surface area contributed by atoms with Crippen LogP contribution in [0.2, 0.25) is 0 Å². The van der Waals surface area contributed by atoms with E-state index in [2.05, 4.69) is 44.8 Å². The van der Waals surface area contributed by atoms with Crippen molar-refractivity contribution in [3.05, 3.63) is 0 Å². The molecule has 2 rings (SSSR count). The molecule has 2 nitrogen and oxygen atoms in total. The van der Waals surface area contributed by atoms with Gasteiger partial charge in [0.25, 0.3) is 0 Å². The molecule has 0 spiro atoms. The standard InChI is InChI=1S/C15H30N2/c1-14(2,3)11-15(4,5)16-13-7-9-17-8-6-12(13)10-17/h12-13,16H,6-11H2,1-5H3. The second-order valence-corrected chi connectivity index (χ2v) is 8.01. The zero-order chi connectivity index (χ0) is 12.7. The van der Waals surface area contributed by atoms with Gasteiger partial charge in [-0.05, 0) is 57.5 Å². The number of nitrogens with zero attached hydrogens (tertiary/aromatic N) is 1. The van der Waals surface area contributed by atoms with Crippen molar-refractivity contribution in [3.63, 3.8) is 0 Å². The smallest absolute Gasteiger partial charge is 0.0132 e. The van der Waals surface area contributed by atoms with E-state index in [1.165, 1.54) is 38.9 Å². The Kier molecular flexibility index (Phi) is 3.57. The van der Waals surface area contributed by atoms with Gasteiger partial charge < -0.3 is 10.2 Å². The molecule has 0 aromatic heterocycles. The Bertz CT molecular complexity index is 265. The molecule has 2 fully saturated rings. The van der Waals surface area contributed by atoms with E-state index in [1.807, 2.05) is 0 Å². The Labute approximate surface area is 107 Å². The summed E-state index contributed by atoms with van der Waals surface area (Å²) in [6.07, 6.45) is 3.99. The molecular formula is C15H30N2. The van der Waals surface area contributed by atoms with Crippen LogP contribution in [0.5, 0.6) is 0 Å². The van der Waals surface area contributed by atoms with Gasteiger partial charge in [-0.2, -0.15) is 0 Å². The zero-order valence-corrected chi connectivity index (χ0v) is 12.3. The van der Waals surface area contributed by atoms with E-state index in [0.717, 1.165) is 12.0 Å². The summed E-state index contributed by atoms with van der Waals surface area (Å²) in [7, 11) is 0. The molecule has 0 radical (unpaired) electrons. The van der Waals surface area contributed by atoms with Gasteiger partial charge in [-0.25, -0.2) is 0 Å². The van der Waals surface area contributed by atoms with E-state index in [1.54, 1.807) is 0 Å². The van der Waals surface area contributed by atoms with Crippen molar-refractivity contribution in [2.75, 3.05) is 19.6 Å². The first-order chi connectivity index (χ1) is 7.75. The van der Waals surface area contributed by atoms with E-state index >= 15 is 0 Å². The van der Waals surface area contributed by atoms with Crippen molar-refractivity contribution in [1.82, 2.24) is 10.2 Å². The minimum Gasteiger partial charge on any atom is -0.309 e. The minimum atomic E-state index is 0.272. The van der Waals surface area contributed by atoms with E-state index in [0.29, 0.717) is 5.41 Å². The van der Waals surface area contributed by atoms with Crippen LogP contribution in [0.3, 0.4) is 0 Å². The molecule has 0 aromatic rings. The van der Waals surface area contributed by atoms with Gasteiger partial charge in [-0.15, -0.1) is 0 Å². The molecule has 2 saturated heterocycles. The number of rotatable bonds is 3. The molecular weight excluding hydrogens is 208 g/mol. The molecule has 0 amide bonds. The summed E-state index contributed by atoms with van der Waals surface area (Å²) in [4.78, 5) is 2.62. The van der Waals surface area contributed by atoms with Gasteiger partial charge >= 0.3 is 0 Å². The van der Waals surface area contributed by atoms with Crippen LogP contribution in [-0.4, -0.2) is 36.1 Å². The molecule has 2 bridgehead atoms. The molecule has 0 saturated carbocycles. The van der Waals surface area contributed by atoms with Crippen molar-refractivity contribution in [2.45, 2.75) is 65.5 Å². The van der Waals surface area contributed by atoms with Crippen molar-refractivity contribution in [1.29, 1.82) is 0 Å². The normalized spacial score (nSPS) is 34.1. The number of hydrogen-bond donors (Lipinski definition) is 1. The predicted molar refractivity (Wildman–Crippen MR) is 74.2 cm³/mol. The number of fused-ring (bicyclic) bond motifs is 2. The third-order valence-electron chi connectivity index (χ3n) is 4.18. The molecule has 0 aromatic carbocycles. The highest BCUT2D eigenvalue weighted by Gasteiger charge is 2.37. The third kappa shape index (κ3) is 3.69. The number of hydrogen-bond acceptors (Lipinski definition) is 2. The largest absolute Gasteiger partial charge is 0.309 e. The highest BCUT2D eigenvalue weighted by molar-refractivity contribution is 4.95. The zero-order valence-electron chi connectivity index (χ0n) is 12.3. The lowest BCUT2D eigenvalue weighted by molar-refractivity contribution is 0.160. The van der Waals surface area contributed by atoms with Crippen LogP contribution >= 0.6 is 0 Å². The summed E-state index contributed by atoms with van der Waals surface area (Å²) in [5.41, 5.74) is 0.681. The fourth-order valence-corrected chi connectivity index (χ4v) is 4.02. The summed E-state index contributed by atoms with van der Waals surface area (Å²) in [5, 5.41) is 3.95. The van der Waals surface area contributed by atoms with Gasteiger partial charge in [0, 0.05) is 18.1 Å². The van der Waals surface area contributed by atoms with Gasteiger partial charge in [0.05, 0.1) is 0 Å². The summed E-state index contributed by atoms with van der Waals surface area (Å²) < 4.78 is 0. The fourth-order valence-electron chi connectivity index (χ4n) is 4.02. The van der Waals surface area contributed by atoms with Gasteiger partial charge in [0.2, 0.25) is 0 Å². The summed E-state index contributed by atoms with van der Waals surface area (Å²) in [5.74, 6) is 0.906. The second-order valence-electron chi connectivity index (χ2n) is 8.01. The molecule has 2 aliphatic rings. The van der Waals surface area contributed by atoms with Crippen LogP contribution in [0, 0.1) is 11.3 Å². The molecule has 1 N–H and O–H groups in total. The lowest BCUT2D eigenvalue weighted by Crippen LogP contribution is -2.53. The van der Waals surface area contributed by atoms with Crippen LogP contribution < -0.4 is 5.32 Å². The average molecular weight is 238 g/mol. The Morgan fingerprint density at radius 2 is 1.71 bits per heavy atom. The Morgan fingerprint density at radius 1 is 1.06 bits per heavy atom. The van der Waals surface area contributed by atoms with Crippen LogP contribution in [0.25, 0.3) is 0 Å². The van der Waals surface area contributed by atoms with Gasteiger partial charge in [-0.1, -0.05) is 20.8 Å².